The Bertz CT molecular complexity index is 1400. The van der Waals surface area contributed by atoms with E-state index < -0.39 is 36.2 Å². The summed E-state index contributed by atoms with van der Waals surface area (Å²) in [5, 5.41) is 6.94. The molecule has 0 bridgehead atoms. The Hall–Kier alpha value is -3.89. The first-order valence-corrected chi connectivity index (χ1v) is 14.3. The lowest BCUT2D eigenvalue weighted by Gasteiger charge is -2.33. The summed E-state index contributed by atoms with van der Waals surface area (Å²) in [5.41, 5.74) is 0.661. The molecule has 2 aliphatic carbocycles. The third kappa shape index (κ3) is 6.60. The van der Waals surface area contributed by atoms with Crippen LogP contribution in [0.1, 0.15) is 72.6 Å². The van der Waals surface area contributed by atoms with Gasteiger partial charge in [0.2, 0.25) is 11.8 Å². The second kappa shape index (κ2) is 12.5. The maximum atomic E-state index is 14.1. The van der Waals surface area contributed by atoms with Crippen molar-refractivity contribution in [1.82, 2.24) is 20.0 Å². The van der Waals surface area contributed by atoms with Crippen LogP contribution in [0.3, 0.4) is 0 Å². The first-order valence-electron chi connectivity index (χ1n) is 14.3. The van der Waals surface area contributed by atoms with Crippen molar-refractivity contribution in [2.45, 2.75) is 82.7 Å². The molecule has 11 heteroatoms. The largest absolute Gasteiger partial charge is 0.497 e. The summed E-state index contributed by atoms with van der Waals surface area (Å²) < 4.78 is 61.7. The normalized spacial score (nSPS) is 16.1. The van der Waals surface area contributed by atoms with E-state index in [4.69, 9.17) is 4.74 Å². The predicted molar refractivity (Wildman–Crippen MR) is 147 cm³/mol. The number of methoxy groups -OCH3 is 1. The molecule has 1 N–H and O–H groups in total. The molecule has 3 aromatic rings. The molecule has 5 rings (SSSR count). The molecule has 1 fully saturated rings. The number of carbonyl (C=O) groups is 2. The van der Waals surface area contributed by atoms with Crippen molar-refractivity contribution < 1.29 is 31.9 Å². The highest BCUT2D eigenvalue weighted by Gasteiger charge is 2.40. The van der Waals surface area contributed by atoms with E-state index in [0.717, 1.165) is 30.4 Å². The second-order valence-electron chi connectivity index (χ2n) is 11.0. The number of aromatic nitrogens is 2. The number of amides is 2. The number of fused-ring (bicyclic) bond motifs is 1. The van der Waals surface area contributed by atoms with Gasteiger partial charge in [-0.1, -0.05) is 37.1 Å². The lowest BCUT2D eigenvalue weighted by Crippen LogP contribution is -2.46. The van der Waals surface area contributed by atoms with Crippen molar-refractivity contribution in [3.8, 4) is 5.75 Å². The van der Waals surface area contributed by atoms with Gasteiger partial charge < -0.3 is 15.0 Å². The van der Waals surface area contributed by atoms with Gasteiger partial charge in [-0.2, -0.15) is 18.3 Å². The summed E-state index contributed by atoms with van der Waals surface area (Å²) in [6.45, 7) is -0.535. The van der Waals surface area contributed by atoms with E-state index in [9.17, 15) is 27.2 Å². The fraction of sp³-hybridized carbons (Fsp3) is 0.452. The molecule has 2 aliphatic rings. The van der Waals surface area contributed by atoms with Gasteiger partial charge in [0.15, 0.2) is 5.69 Å². The Balaban J connectivity index is 1.54. The minimum Gasteiger partial charge on any atom is -0.497 e. The average Bonchev–Trinajstić information content (AvgIpc) is 3.62. The van der Waals surface area contributed by atoms with Gasteiger partial charge in [-0.05, 0) is 73.9 Å². The maximum Gasteiger partial charge on any atom is 0.435 e. The predicted octanol–water partition coefficient (Wildman–Crippen LogP) is 5.76. The number of halogens is 4. The lowest BCUT2D eigenvalue weighted by molar-refractivity contribution is -0.144. The molecule has 7 nitrogen and oxygen atoms in total. The summed E-state index contributed by atoms with van der Waals surface area (Å²) in [7, 11) is 1.52. The van der Waals surface area contributed by atoms with Gasteiger partial charge in [-0.15, -0.1) is 0 Å². The van der Waals surface area contributed by atoms with Gasteiger partial charge in [0, 0.05) is 23.8 Å². The van der Waals surface area contributed by atoms with E-state index >= 15 is 0 Å². The Kier molecular flexibility index (Phi) is 8.84. The molecule has 0 radical (unpaired) electrons. The second-order valence-corrected chi connectivity index (χ2v) is 11.0. The first kappa shape index (κ1) is 29.6. The van der Waals surface area contributed by atoms with Gasteiger partial charge >= 0.3 is 6.18 Å². The summed E-state index contributed by atoms with van der Waals surface area (Å²) in [5.74, 6) is -0.856. The molecular formula is C31H34F4N4O3. The molecule has 0 saturated heterocycles. The van der Waals surface area contributed by atoms with Gasteiger partial charge in [0.25, 0.3) is 0 Å². The standard InChI is InChI=1S/C31H34F4N4O3/c1-42-24-16-12-21(13-17-24)28(30(41)36-23-6-2-3-7-23)38(18-20-10-14-22(32)15-11-20)27(40)19-39-26-9-5-4-8-25(26)29(37-39)31(33,34)35/h10-17,23,28H,2-9,18-19H2,1H3,(H,36,41)/t28-/m0/s1. The minimum atomic E-state index is -4.64. The van der Waals surface area contributed by atoms with Crippen LogP contribution < -0.4 is 10.1 Å². The van der Waals surface area contributed by atoms with E-state index in [0.29, 0.717) is 41.8 Å². The van der Waals surface area contributed by atoms with E-state index in [-0.39, 0.29) is 30.5 Å². The molecule has 42 heavy (non-hydrogen) atoms. The lowest BCUT2D eigenvalue weighted by atomic mass is 9.95. The highest BCUT2D eigenvalue weighted by molar-refractivity contribution is 5.89. The van der Waals surface area contributed by atoms with Gasteiger partial charge in [-0.3, -0.25) is 14.3 Å². The van der Waals surface area contributed by atoms with E-state index in [1.165, 1.54) is 36.3 Å². The SMILES string of the molecule is COc1ccc([C@@H](C(=O)NC2CCCC2)N(Cc2ccc(F)cc2)C(=O)Cn2nc(C(F)(F)F)c3c2CCCC3)cc1. The summed E-state index contributed by atoms with van der Waals surface area (Å²) in [4.78, 5) is 29.4. The number of hydrogen-bond donors (Lipinski definition) is 1. The van der Waals surface area contributed by atoms with Crippen molar-refractivity contribution in [3.05, 3.63) is 82.4 Å². The van der Waals surface area contributed by atoms with Gasteiger partial charge in [0.1, 0.15) is 24.2 Å². The van der Waals surface area contributed by atoms with Crippen molar-refractivity contribution >= 4 is 11.8 Å². The molecule has 0 unspecified atom stereocenters. The van der Waals surface area contributed by atoms with E-state index in [1.54, 1.807) is 24.3 Å². The van der Waals surface area contributed by atoms with E-state index in [2.05, 4.69) is 10.4 Å². The van der Waals surface area contributed by atoms with Crippen LogP contribution in [0.25, 0.3) is 0 Å². The Morgan fingerprint density at radius 3 is 2.33 bits per heavy atom. The van der Waals surface area contributed by atoms with E-state index in [1.807, 2.05) is 0 Å². The molecule has 0 aliphatic heterocycles. The van der Waals surface area contributed by atoms with Crippen LogP contribution in [-0.4, -0.2) is 39.6 Å². The van der Waals surface area contributed by atoms with Crippen molar-refractivity contribution in [2.75, 3.05) is 7.11 Å². The van der Waals surface area contributed by atoms with Crippen molar-refractivity contribution in [3.63, 3.8) is 0 Å². The topological polar surface area (TPSA) is 76.5 Å². The van der Waals surface area contributed by atoms with Crippen molar-refractivity contribution in [1.29, 1.82) is 0 Å². The zero-order valence-electron chi connectivity index (χ0n) is 23.4. The summed E-state index contributed by atoms with van der Waals surface area (Å²) in [6, 6.07) is 11.2. The molecular weight excluding hydrogens is 552 g/mol. The van der Waals surface area contributed by atoms with Gasteiger partial charge in [-0.25, -0.2) is 4.39 Å². The molecule has 1 aromatic heterocycles. The van der Waals surface area contributed by atoms with Crippen LogP contribution in [0.15, 0.2) is 48.5 Å². The highest BCUT2D eigenvalue weighted by atomic mass is 19.4. The van der Waals surface area contributed by atoms with Gasteiger partial charge in [0.05, 0.1) is 7.11 Å². The fourth-order valence-corrected chi connectivity index (χ4v) is 5.97. The number of ether oxygens (including phenoxy) is 1. The molecule has 1 saturated carbocycles. The summed E-state index contributed by atoms with van der Waals surface area (Å²) in [6.07, 6.45) is 0.929. The monoisotopic (exact) mass is 586 g/mol. The Labute approximate surface area is 241 Å². The van der Waals surface area contributed by atoms with Crippen molar-refractivity contribution in [2.24, 2.45) is 0 Å². The Morgan fingerprint density at radius 1 is 1.02 bits per heavy atom. The number of nitrogens with one attached hydrogen (secondary N) is 1. The fourth-order valence-electron chi connectivity index (χ4n) is 5.97. The van der Waals surface area contributed by atoms with Crippen LogP contribution in [0.2, 0.25) is 0 Å². The van der Waals surface area contributed by atoms with Crippen LogP contribution in [0.4, 0.5) is 17.6 Å². The number of carbonyl (C=O) groups excluding carboxylic acids is 2. The minimum absolute atomic E-state index is 0.0338. The summed E-state index contributed by atoms with van der Waals surface area (Å²) >= 11 is 0. The number of benzene rings is 2. The molecule has 0 spiro atoms. The molecule has 2 aromatic carbocycles. The smallest absolute Gasteiger partial charge is 0.435 e. The number of nitrogens with zero attached hydrogens (tertiary/aromatic N) is 3. The Morgan fingerprint density at radius 2 is 1.69 bits per heavy atom. The quantitative estimate of drug-likeness (QED) is 0.324. The van der Waals surface area contributed by atoms with Crippen LogP contribution in [-0.2, 0) is 41.7 Å². The third-order valence-corrected chi connectivity index (χ3v) is 8.09. The van der Waals surface area contributed by atoms with Crippen LogP contribution in [0, 0.1) is 5.82 Å². The zero-order valence-corrected chi connectivity index (χ0v) is 23.4. The average molecular weight is 587 g/mol. The third-order valence-electron chi connectivity index (χ3n) is 8.09. The number of rotatable bonds is 9. The molecule has 1 atom stereocenters. The highest BCUT2D eigenvalue weighted by Crippen LogP contribution is 2.36. The first-order chi connectivity index (χ1) is 20.1. The maximum absolute atomic E-state index is 14.1. The number of hydrogen-bond acceptors (Lipinski definition) is 4. The van der Waals surface area contributed by atoms with Crippen LogP contribution >= 0.6 is 0 Å². The molecule has 1 heterocycles. The molecule has 2 amide bonds. The number of alkyl halides is 3. The molecule has 224 valence electrons. The zero-order chi connectivity index (χ0) is 29.9. The van der Waals surface area contributed by atoms with Crippen LogP contribution in [0.5, 0.6) is 5.75 Å².